The van der Waals surface area contributed by atoms with E-state index in [1.807, 2.05) is 31.2 Å². The molecule has 0 fully saturated rings. The molecule has 2 aromatic carbocycles. The van der Waals surface area contributed by atoms with Crippen LogP contribution in [0.25, 0.3) is 0 Å². The highest BCUT2D eigenvalue weighted by Gasteiger charge is 2.04. The molecule has 90 valence electrons. The van der Waals surface area contributed by atoms with Crippen molar-refractivity contribution < 1.29 is 4.74 Å². The summed E-state index contributed by atoms with van der Waals surface area (Å²) in [6, 6.07) is 15.7. The predicted molar refractivity (Wildman–Crippen MR) is 74.4 cm³/mol. The summed E-state index contributed by atoms with van der Waals surface area (Å²) >= 11 is 3.34. The van der Waals surface area contributed by atoms with Gasteiger partial charge in [0, 0.05) is 4.47 Å². The van der Waals surface area contributed by atoms with Gasteiger partial charge in [-0.05, 0) is 30.7 Å². The van der Waals surface area contributed by atoms with Crippen LogP contribution in [0.3, 0.4) is 0 Å². The van der Waals surface area contributed by atoms with Gasteiger partial charge in [0.2, 0.25) is 0 Å². The van der Waals surface area contributed by atoms with Crippen molar-refractivity contribution in [1.29, 1.82) is 5.26 Å². The fourth-order valence-corrected chi connectivity index (χ4v) is 2.04. The molecule has 0 aromatic heterocycles. The Morgan fingerprint density at radius 2 is 2.06 bits per heavy atom. The third-order valence-electron chi connectivity index (χ3n) is 2.54. The number of nitriles is 1. The van der Waals surface area contributed by atoms with Gasteiger partial charge in [-0.1, -0.05) is 45.8 Å². The molecule has 0 bridgehead atoms. The van der Waals surface area contributed by atoms with Gasteiger partial charge < -0.3 is 4.74 Å². The Bertz CT molecular complexity index is 602. The SMILES string of the molecule is Cc1cccc(COc2ccc(Br)cc2C#N)c1. The zero-order valence-corrected chi connectivity index (χ0v) is 11.6. The first-order valence-corrected chi connectivity index (χ1v) is 6.36. The summed E-state index contributed by atoms with van der Waals surface area (Å²) in [5.74, 6) is 0.613. The van der Waals surface area contributed by atoms with E-state index < -0.39 is 0 Å². The van der Waals surface area contributed by atoms with E-state index in [0.29, 0.717) is 17.9 Å². The summed E-state index contributed by atoms with van der Waals surface area (Å²) in [6.45, 7) is 2.52. The summed E-state index contributed by atoms with van der Waals surface area (Å²) in [4.78, 5) is 0. The number of aryl methyl sites for hydroxylation is 1. The minimum absolute atomic E-state index is 0.470. The Labute approximate surface area is 115 Å². The van der Waals surface area contributed by atoms with E-state index in [-0.39, 0.29) is 0 Å². The molecule has 0 atom stereocenters. The first-order chi connectivity index (χ1) is 8.69. The Hall–Kier alpha value is -1.79. The van der Waals surface area contributed by atoms with Gasteiger partial charge in [0.15, 0.2) is 0 Å². The van der Waals surface area contributed by atoms with Gasteiger partial charge in [-0.15, -0.1) is 0 Å². The summed E-state index contributed by atoms with van der Waals surface area (Å²) < 4.78 is 6.56. The predicted octanol–water partition coefficient (Wildman–Crippen LogP) is 4.21. The van der Waals surface area contributed by atoms with E-state index >= 15 is 0 Å². The summed E-state index contributed by atoms with van der Waals surface area (Å²) in [5, 5.41) is 9.03. The Morgan fingerprint density at radius 1 is 1.22 bits per heavy atom. The lowest BCUT2D eigenvalue weighted by Gasteiger charge is -2.08. The second kappa shape index (κ2) is 5.70. The average molecular weight is 302 g/mol. The Kier molecular flexibility index (Phi) is 4.01. The molecule has 2 aromatic rings. The summed E-state index contributed by atoms with van der Waals surface area (Å²) in [7, 11) is 0. The van der Waals surface area contributed by atoms with Crippen LogP contribution in [0.5, 0.6) is 5.75 Å². The zero-order valence-electron chi connectivity index (χ0n) is 9.98. The minimum Gasteiger partial charge on any atom is -0.488 e. The molecule has 2 nitrogen and oxygen atoms in total. The van der Waals surface area contributed by atoms with Crippen molar-refractivity contribution in [2.24, 2.45) is 0 Å². The summed E-state index contributed by atoms with van der Waals surface area (Å²) in [6.07, 6.45) is 0. The van der Waals surface area contributed by atoms with Crippen molar-refractivity contribution in [1.82, 2.24) is 0 Å². The fraction of sp³-hybridized carbons (Fsp3) is 0.133. The lowest BCUT2D eigenvalue weighted by Crippen LogP contribution is -1.97. The molecule has 0 spiro atoms. The van der Waals surface area contributed by atoms with Crippen molar-refractivity contribution in [3.63, 3.8) is 0 Å². The highest BCUT2D eigenvalue weighted by atomic mass is 79.9. The number of halogens is 1. The monoisotopic (exact) mass is 301 g/mol. The highest BCUT2D eigenvalue weighted by molar-refractivity contribution is 9.10. The van der Waals surface area contributed by atoms with E-state index in [1.54, 1.807) is 12.1 Å². The molecule has 0 heterocycles. The maximum Gasteiger partial charge on any atom is 0.137 e. The summed E-state index contributed by atoms with van der Waals surface area (Å²) in [5.41, 5.74) is 2.84. The molecule has 0 aliphatic carbocycles. The molecule has 0 amide bonds. The lowest BCUT2D eigenvalue weighted by molar-refractivity contribution is 0.305. The van der Waals surface area contributed by atoms with Gasteiger partial charge in [-0.25, -0.2) is 0 Å². The number of ether oxygens (including phenoxy) is 1. The van der Waals surface area contributed by atoms with Gasteiger partial charge in [0.1, 0.15) is 18.4 Å². The third-order valence-corrected chi connectivity index (χ3v) is 3.03. The van der Waals surface area contributed by atoms with E-state index in [4.69, 9.17) is 10.00 Å². The van der Waals surface area contributed by atoms with Crippen molar-refractivity contribution in [3.8, 4) is 11.8 Å². The number of benzene rings is 2. The van der Waals surface area contributed by atoms with Gasteiger partial charge in [0.25, 0.3) is 0 Å². The lowest BCUT2D eigenvalue weighted by atomic mass is 10.1. The molecule has 2 rings (SSSR count). The molecule has 0 saturated heterocycles. The van der Waals surface area contributed by atoms with Crippen LogP contribution in [-0.4, -0.2) is 0 Å². The zero-order chi connectivity index (χ0) is 13.0. The van der Waals surface area contributed by atoms with Crippen LogP contribution < -0.4 is 4.74 Å². The van der Waals surface area contributed by atoms with Crippen LogP contribution in [0.1, 0.15) is 16.7 Å². The Balaban J connectivity index is 2.14. The topological polar surface area (TPSA) is 33.0 Å². The quantitative estimate of drug-likeness (QED) is 0.851. The van der Waals surface area contributed by atoms with Crippen molar-refractivity contribution >= 4 is 15.9 Å². The molecule has 18 heavy (non-hydrogen) atoms. The van der Waals surface area contributed by atoms with Gasteiger partial charge in [-0.3, -0.25) is 0 Å². The molecule has 0 radical (unpaired) electrons. The minimum atomic E-state index is 0.470. The second-order valence-electron chi connectivity index (χ2n) is 4.03. The maximum absolute atomic E-state index is 9.03. The fourth-order valence-electron chi connectivity index (χ4n) is 1.68. The van der Waals surface area contributed by atoms with E-state index in [9.17, 15) is 0 Å². The molecular formula is C15H12BrNO. The van der Waals surface area contributed by atoms with Crippen LogP contribution >= 0.6 is 15.9 Å². The van der Waals surface area contributed by atoms with E-state index in [0.717, 1.165) is 10.0 Å². The smallest absolute Gasteiger partial charge is 0.137 e. The second-order valence-corrected chi connectivity index (χ2v) is 4.95. The van der Waals surface area contributed by atoms with Gasteiger partial charge in [0.05, 0.1) is 5.56 Å². The van der Waals surface area contributed by atoms with Gasteiger partial charge >= 0.3 is 0 Å². The van der Waals surface area contributed by atoms with E-state index in [1.165, 1.54) is 5.56 Å². The van der Waals surface area contributed by atoms with Gasteiger partial charge in [-0.2, -0.15) is 5.26 Å². The van der Waals surface area contributed by atoms with Crippen molar-refractivity contribution in [2.45, 2.75) is 13.5 Å². The number of rotatable bonds is 3. The van der Waals surface area contributed by atoms with Crippen LogP contribution in [0.2, 0.25) is 0 Å². The third kappa shape index (κ3) is 3.12. The first kappa shape index (κ1) is 12.7. The molecule has 0 N–H and O–H groups in total. The first-order valence-electron chi connectivity index (χ1n) is 5.57. The number of hydrogen-bond acceptors (Lipinski definition) is 2. The number of nitrogens with zero attached hydrogens (tertiary/aromatic N) is 1. The average Bonchev–Trinajstić information content (AvgIpc) is 2.37. The highest BCUT2D eigenvalue weighted by Crippen LogP contribution is 2.23. The van der Waals surface area contributed by atoms with E-state index in [2.05, 4.69) is 28.1 Å². The molecule has 0 aliphatic heterocycles. The Morgan fingerprint density at radius 3 is 2.78 bits per heavy atom. The van der Waals surface area contributed by atoms with Crippen molar-refractivity contribution in [2.75, 3.05) is 0 Å². The van der Waals surface area contributed by atoms with Crippen LogP contribution in [-0.2, 0) is 6.61 Å². The molecular weight excluding hydrogens is 290 g/mol. The molecule has 0 saturated carbocycles. The standard InChI is InChI=1S/C15H12BrNO/c1-11-3-2-4-12(7-11)10-18-15-6-5-14(16)8-13(15)9-17/h2-8H,10H2,1H3. The largest absolute Gasteiger partial charge is 0.488 e. The molecule has 3 heteroatoms. The van der Waals surface area contributed by atoms with Crippen LogP contribution in [0, 0.1) is 18.3 Å². The molecule has 0 aliphatic rings. The normalized spacial score (nSPS) is 9.83. The van der Waals surface area contributed by atoms with Crippen molar-refractivity contribution in [3.05, 3.63) is 63.6 Å². The maximum atomic E-state index is 9.03. The molecule has 0 unspecified atom stereocenters. The number of hydrogen-bond donors (Lipinski definition) is 0. The van der Waals surface area contributed by atoms with Crippen LogP contribution in [0.15, 0.2) is 46.9 Å². The van der Waals surface area contributed by atoms with Crippen LogP contribution in [0.4, 0.5) is 0 Å².